The van der Waals surface area contributed by atoms with Gasteiger partial charge >= 0.3 is 0 Å². The lowest BCUT2D eigenvalue weighted by Crippen LogP contribution is -2.15. The first-order valence-corrected chi connectivity index (χ1v) is 6.67. The molecule has 1 atom stereocenters. The van der Waals surface area contributed by atoms with Crippen LogP contribution in [-0.4, -0.2) is 0 Å². The van der Waals surface area contributed by atoms with E-state index >= 15 is 0 Å². The van der Waals surface area contributed by atoms with Gasteiger partial charge in [-0.15, -0.1) is 0 Å². The summed E-state index contributed by atoms with van der Waals surface area (Å²) in [6, 6.07) is 5.04. The van der Waals surface area contributed by atoms with Crippen LogP contribution in [0.5, 0.6) is 0 Å². The van der Waals surface area contributed by atoms with Gasteiger partial charge in [0.1, 0.15) is 5.82 Å². The highest BCUT2D eigenvalue weighted by Gasteiger charge is 2.20. The number of hydrogen-bond donors (Lipinski definition) is 1. The highest BCUT2D eigenvalue weighted by atomic mass is 79.9. The van der Waals surface area contributed by atoms with Crippen LogP contribution in [0, 0.1) is 11.7 Å². The zero-order valence-electron chi connectivity index (χ0n) is 9.26. The summed E-state index contributed by atoms with van der Waals surface area (Å²) in [5, 5.41) is 0. The lowest BCUT2D eigenvalue weighted by Gasteiger charge is -2.18. The second-order valence-corrected chi connectivity index (χ2v) is 5.43. The molecule has 0 aromatic heterocycles. The first kappa shape index (κ1) is 12.1. The first-order valence-electron chi connectivity index (χ1n) is 5.88. The molecule has 2 N–H and O–H groups in total. The van der Waals surface area contributed by atoms with Gasteiger partial charge in [0.15, 0.2) is 0 Å². The Morgan fingerprint density at radius 1 is 1.38 bits per heavy atom. The predicted molar refractivity (Wildman–Crippen MR) is 67.6 cm³/mol. The molecular weight excluding hydrogens is 269 g/mol. The highest BCUT2D eigenvalue weighted by Crippen LogP contribution is 2.34. The van der Waals surface area contributed by atoms with Crippen LogP contribution in [0.2, 0.25) is 0 Å². The molecule has 0 saturated heterocycles. The van der Waals surface area contributed by atoms with E-state index in [9.17, 15) is 4.39 Å². The Morgan fingerprint density at radius 2 is 2.06 bits per heavy atom. The van der Waals surface area contributed by atoms with Crippen molar-refractivity contribution in [2.24, 2.45) is 11.7 Å². The van der Waals surface area contributed by atoms with Crippen molar-refractivity contribution >= 4 is 15.9 Å². The third-order valence-corrected chi connectivity index (χ3v) is 4.28. The Morgan fingerprint density at radius 3 is 2.75 bits per heavy atom. The second kappa shape index (κ2) is 5.28. The van der Waals surface area contributed by atoms with E-state index in [1.807, 2.05) is 6.07 Å². The molecule has 1 aliphatic carbocycles. The molecule has 0 bridgehead atoms. The van der Waals surface area contributed by atoms with Crippen LogP contribution in [0.3, 0.4) is 0 Å². The molecule has 16 heavy (non-hydrogen) atoms. The van der Waals surface area contributed by atoms with E-state index in [1.165, 1.54) is 31.7 Å². The summed E-state index contributed by atoms with van der Waals surface area (Å²) in [6.45, 7) is 0. The van der Waals surface area contributed by atoms with Gasteiger partial charge in [0.05, 0.1) is 4.47 Å². The zero-order valence-corrected chi connectivity index (χ0v) is 10.8. The number of hydrogen-bond acceptors (Lipinski definition) is 1. The number of nitrogens with two attached hydrogens (primary N) is 1. The first-order chi connectivity index (χ1) is 7.68. The second-order valence-electron chi connectivity index (χ2n) is 4.64. The van der Waals surface area contributed by atoms with Gasteiger partial charge in [-0.1, -0.05) is 37.8 Å². The van der Waals surface area contributed by atoms with Gasteiger partial charge in [0.25, 0.3) is 0 Å². The molecule has 0 radical (unpaired) electrons. The van der Waals surface area contributed by atoms with Gasteiger partial charge in [-0.2, -0.15) is 0 Å². The van der Waals surface area contributed by atoms with Crippen molar-refractivity contribution in [3.8, 4) is 0 Å². The van der Waals surface area contributed by atoms with Crippen molar-refractivity contribution in [3.63, 3.8) is 0 Å². The summed E-state index contributed by atoms with van der Waals surface area (Å²) in [5.74, 6) is 0.504. The third-order valence-electron chi connectivity index (χ3n) is 3.44. The van der Waals surface area contributed by atoms with E-state index in [-0.39, 0.29) is 11.9 Å². The predicted octanol–water partition coefficient (Wildman–Crippen LogP) is 4.17. The maximum Gasteiger partial charge on any atom is 0.137 e. The molecule has 0 amide bonds. The lowest BCUT2D eigenvalue weighted by molar-refractivity contribution is 0.448. The highest BCUT2D eigenvalue weighted by molar-refractivity contribution is 9.10. The molecule has 3 heteroatoms. The molecule has 2 rings (SSSR count). The van der Waals surface area contributed by atoms with Crippen LogP contribution < -0.4 is 5.73 Å². The molecule has 1 aromatic rings. The molecule has 1 nitrogen and oxygen atoms in total. The summed E-state index contributed by atoms with van der Waals surface area (Å²) in [7, 11) is 0. The number of rotatable bonds is 3. The largest absolute Gasteiger partial charge is 0.324 e. The Balaban J connectivity index is 2.07. The van der Waals surface area contributed by atoms with Crippen LogP contribution in [0.1, 0.15) is 43.7 Å². The van der Waals surface area contributed by atoms with Crippen LogP contribution in [0.15, 0.2) is 22.7 Å². The van der Waals surface area contributed by atoms with E-state index in [4.69, 9.17) is 5.73 Å². The van der Waals surface area contributed by atoms with Crippen LogP contribution in [0.25, 0.3) is 0 Å². The molecule has 88 valence electrons. The van der Waals surface area contributed by atoms with E-state index in [1.54, 1.807) is 6.07 Å². The minimum Gasteiger partial charge on any atom is -0.324 e. The third kappa shape index (κ3) is 2.64. The van der Waals surface area contributed by atoms with E-state index in [2.05, 4.69) is 15.9 Å². The Kier molecular flexibility index (Phi) is 3.98. The van der Waals surface area contributed by atoms with Gasteiger partial charge in [0, 0.05) is 6.04 Å². The summed E-state index contributed by atoms with van der Waals surface area (Å²) in [5.41, 5.74) is 7.04. The SMILES string of the molecule is NC(CC1CCCC1)c1cccc(F)c1Br. The molecule has 1 aliphatic rings. The lowest BCUT2D eigenvalue weighted by atomic mass is 9.94. The van der Waals surface area contributed by atoms with Crippen LogP contribution in [0.4, 0.5) is 4.39 Å². The molecule has 0 spiro atoms. The van der Waals surface area contributed by atoms with E-state index in [0.29, 0.717) is 4.47 Å². The van der Waals surface area contributed by atoms with Gasteiger partial charge in [-0.05, 0) is 39.9 Å². The maximum absolute atomic E-state index is 13.4. The van der Waals surface area contributed by atoms with Crippen LogP contribution in [-0.2, 0) is 0 Å². The quantitative estimate of drug-likeness (QED) is 0.886. The Hall–Kier alpha value is -0.410. The fourth-order valence-electron chi connectivity index (χ4n) is 2.54. The van der Waals surface area contributed by atoms with Crippen molar-refractivity contribution in [1.82, 2.24) is 0 Å². The average molecular weight is 286 g/mol. The molecule has 1 saturated carbocycles. The number of halogens is 2. The van der Waals surface area contributed by atoms with Crippen molar-refractivity contribution in [2.45, 2.75) is 38.1 Å². The maximum atomic E-state index is 13.4. The van der Waals surface area contributed by atoms with Gasteiger partial charge in [0.2, 0.25) is 0 Å². The standard InChI is InChI=1S/C13H17BrFN/c14-13-10(6-3-7-11(13)15)12(16)8-9-4-1-2-5-9/h3,6-7,9,12H,1-2,4-5,8,16H2. The topological polar surface area (TPSA) is 26.0 Å². The van der Waals surface area contributed by atoms with Gasteiger partial charge < -0.3 is 5.73 Å². The number of benzene rings is 1. The molecule has 0 aliphatic heterocycles. The Bertz CT molecular complexity index is 361. The van der Waals surface area contributed by atoms with Crippen molar-refractivity contribution in [3.05, 3.63) is 34.1 Å². The fraction of sp³-hybridized carbons (Fsp3) is 0.538. The average Bonchev–Trinajstić information content (AvgIpc) is 2.74. The molecular formula is C13H17BrFN. The Labute approximate surface area is 104 Å². The summed E-state index contributed by atoms with van der Waals surface area (Å²) in [6.07, 6.45) is 6.17. The zero-order chi connectivity index (χ0) is 11.5. The minimum atomic E-state index is -0.223. The summed E-state index contributed by atoms with van der Waals surface area (Å²) >= 11 is 3.28. The van der Waals surface area contributed by atoms with Gasteiger partial charge in [-0.25, -0.2) is 4.39 Å². The van der Waals surface area contributed by atoms with Crippen molar-refractivity contribution in [2.75, 3.05) is 0 Å². The fourth-order valence-corrected chi connectivity index (χ4v) is 3.10. The normalized spacial score (nSPS) is 18.9. The van der Waals surface area contributed by atoms with E-state index in [0.717, 1.165) is 17.9 Å². The van der Waals surface area contributed by atoms with Crippen molar-refractivity contribution in [1.29, 1.82) is 0 Å². The molecule has 1 unspecified atom stereocenters. The monoisotopic (exact) mass is 285 g/mol. The minimum absolute atomic E-state index is 0.0480. The van der Waals surface area contributed by atoms with Gasteiger partial charge in [-0.3, -0.25) is 0 Å². The molecule has 1 fully saturated rings. The van der Waals surface area contributed by atoms with Crippen LogP contribution >= 0.6 is 15.9 Å². The molecule has 0 heterocycles. The van der Waals surface area contributed by atoms with Crippen molar-refractivity contribution < 1.29 is 4.39 Å². The smallest absolute Gasteiger partial charge is 0.137 e. The molecule has 1 aromatic carbocycles. The van der Waals surface area contributed by atoms with E-state index < -0.39 is 0 Å². The summed E-state index contributed by atoms with van der Waals surface area (Å²) in [4.78, 5) is 0. The summed E-state index contributed by atoms with van der Waals surface area (Å²) < 4.78 is 13.9.